The summed E-state index contributed by atoms with van der Waals surface area (Å²) in [7, 11) is 0. The van der Waals surface area contributed by atoms with Gasteiger partial charge in [-0.15, -0.1) is 11.3 Å². The van der Waals surface area contributed by atoms with Crippen molar-refractivity contribution in [3.05, 3.63) is 56.2 Å². The molecule has 0 radical (unpaired) electrons. The van der Waals surface area contributed by atoms with Crippen LogP contribution in [0.3, 0.4) is 0 Å². The number of benzene rings is 1. The fourth-order valence-electron chi connectivity index (χ4n) is 1.59. The highest BCUT2D eigenvalue weighted by Crippen LogP contribution is 2.24. The first-order valence-electron chi connectivity index (χ1n) is 5.33. The van der Waals surface area contributed by atoms with Gasteiger partial charge in [0.25, 0.3) is 0 Å². The van der Waals surface area contributed by atoms with E-state index in [0.29, 0.717) is 10.0 Å². The standard InChI is InChI=1S/C13H11Cl2NOS/c14-9-4-3-8(6-10(9)15)7-11(17)13(16)12-2-1-5-18-12/h1-6,13H,7,16H2. The molecule has 0 aliphatic rings. The van der Waals surface area contributed by atoms with Gasteiger partial charge in [0, 0.05) is 11.3 Å². The van der Waals surface area contributed by atoms with Gasteiger partial charge in [-0.25, -0.2) is 0 Å². The highest BCUT2D eigenvalue weighted by atomic mass is 35.5. The fraction of sp³-hybridized carbons (Fsp3) is 0.154. The van der Waals surface area contributed by atoms with Crippen molar-refractivity contribution < 1.29 is 4.79 Å². The number of carbonyl (C=O) groups is 1. The average Bonchev–Trinajstić information content (AvgIpc) is 2.86. The Bertz CT molecular complexity index is 554. The Morgan fingerprint density at radius 3 is 2.67 bits per heavy atom. The van der Waals surface area contributed by atoms with Gasteiger partial charge in [0.2, 0.25) is 0 Å². The zero-order valence-electron chi connectivity index (χ0n) is 9.40. The van der Waals surface area contributed by atoms with Gasteiger partial charge < -0.3 is 5.73 Å². The second kappa shape index (κ2) is 5.85. The normalized spacial score (nSPS) is 12.4. The Hall–Kier alpha value is -0.870. The van der Waals surface area contributed by atoms with Crippen LogP contribution in [-0.2, 0) is 11.2 Å². The minimum Gasteiger partial charge on any atom is -0.317 e. The van der Waals surface area contributed by atoms with Crippen LogP contribution < -0.4 is 5.73 Å². The van der Waals surface area contributed by atoms with Gasteiger partial charge in [0.05, 0.1) is 16.1 Å². The lowest BCUT2D eigenvalue weighted by Gasteiger charge is -2.09. The number of Topliss-reactive ketones (excluding diaryl/α,β-unsaturated/α-hetero) is 1. The van der Waals surface area contributed by atoms with E-state index in [2.05, 4.69) is 0 Å². The Kier molecular flexibility index (Phi) is 4.40. The quantitative estimate of drug-likeness (QED) is 0.931. The predicted molar refractivity (Wildman–Crippen MR) is 76.4 cm³/mol. The smallest absolute Gasteiger partial charge is 0.159 e. The first kappa shape index (κ1) is 13.6. The third-order valence-corrected chi connectivity index (χ3v) is 4.25. The van der Waals surface area contributed by atoms with Crippen LogP contribution in [0.4, 0.5) is 0 Å². The number of carbonyl (C=O) groups excluding carboxylic acids is 1. The molecule has 18 heavy (non-hydrogen) atoms. The minimum absolute atomic E-state index is 0.0316. The van der Waals surface area contributed by atoms with Crippen molar-refractivity contribution in [3.63, 3.8) is 0 Å². The second-order valence-electron chi connectivity index (χ2n) is 3.88. The summed E-state index contributed by atoms with van der Waals surface area (Å²) in [5.41, 5.74) is 6.72. The van der Waals surface area contributed by atoms with Gasteiger partial charge in [-0.2, -0.15) is 0 Å². The number of thiophene rings is 1. The Morgan fingerprint density at radius 2 is 2.06 bits per heavy atom. The molecule has 0 saturated carbocycles. The van der Waals surface area contributed by atoms with Gasteiger partial charge in [-0.05, 0) is 29.1 Å². The average molecular weight is 300 g/mol. The molecule has 1 atom stereocenters. The van der Waals surface area contributed by atoms with E-state index in [1.165, 1.54) is 11.3 Å². The van der Waals surface area contributed by atoms with Gasteiger partial charge in [-0.3, -0.25) is 4.79 Å². The van der Waals surface area contributed by atoms with Crippen LogP contribution in [0, 0.1) is 0 Å². The molecule has 2 rings (SSSR count). The third-order valence-electron chi connectivity index (χ3n) is 2.56. The molecule has 5 heteroatoms. The Labute approximate surface area is 119 Å². The van der Waals surface area contributed by atoms with E-state index >= 15 is 0 Å². The summed E-state index contributed by atoms with van der Waals surface area (Å²) in [4.78, 5) is 12.9. The maximum absolute atomic E-state index is 12.0. The molecule has 0 fully saturated rings. The highest BCUT2D eigenvalue weighted by Gasteiger charge is 2.17. The van der Waals surface area contributed by atoms with E-state index in [1.807, 2.05) is 17.5 Å². The zero-order chi connectivity index (χ0) is 13.1. The minimum atomic E-state index is -0.570. The van der Waals surface area contributed by atoms with Crippen LogP contribution in [-0.4, -0.2) is 5.78 Å². The molecule has 1 unspecified atom stereocenters. The van der Waals surface area contributed by atoms with Gasteiger partial charge in [0.15, 0.2) is 5.78 Å². The SMILES string of the molecule is NC(C(=O)Cc1ccc(Cl)c(Cl)c1)c1cccs1. The Morgan fingerprint density at radius 1 is 1.28 bits per heavy atom. The Balaban J connectivity index is 2.09. The molecular weight excluding hydrogens is 289 g/mol. The van der Waals surface area contributed by atoms with E-state index < -0.39 is 6.04 Å². The zero-order valence-corrected chi connectivity index (χ0v) is 11.7. The first-order valence-corrected chi connectivity index (χ1v) is 6.97. The summed E-state index contributed by atoms with van der Waals surface area (Å²) in [6.45, 7) is 0. The number of rotatable bonds is 4. The molecule has 0 aliphatic heterocycles. The number of ketones is 1. The van der Waals surface area contributed by atoms with E-state index in [1.54, 1.807) is 18.2 Å². The molecule has 0 aliphatic carbocycles. The number of hydrogen-bond acceptors (Lipinski definition) is 3. The van der Waals surface area contributed by atoms with Crippen molar-refractivity contribution in [2.24, 2.45) is 5.73 Å². The summed E-state index contributed by atoms with van der Waals surface area (Å²) < 4.78 is 0. The summed E-state index contributed by atoms with van der Waals surface area (Å²) in [6, 6.07) is 8.34. The predicted octanol–water partition coefficient (Wildman–Crippen LogP) is 3.87. The van der Waals surface area contributed by atoms with Crippen molar-refractivity contribution in [1.29, 1.82) is 0 Å². The molecule has 2 N–H and O–H groups in total. The molecule has 2 nitrogen and oxygen atoms in total. The van der Waals surface area contributed by atoms with Crippen molar-refractivity contribution in [3.8, 4) is 0 Å². The lowest BCUT2D eigenvalue weighted by molar-refractivity contribution is -0.119. The summed E-state index contributed by atoms with van der Waals surface area (Å²) >= 11 is 13.2. The fourth-order valence-corrected chi connectivity index (χ4v) is 2.66. The van der Waals surface area contributed by atoms with Gasteiger partial charge in [-0.1, -0.05) is 35.3 Å². The second-order valence-corrected chi connectivity index (χ2v) is 5.68. The van der Waals surface area contributed by atoms with E-state index in [4.69, 9.17) is 28.9 Å². The molecule has 1 aromatic heterocycles. The van der Waals surface area contributed by atoms with Crippen molar-refractivity contribution in [2.75, 3.05) is 0 Å². The van der Waals surface area contributed by atoms with Crippen molar-refractivity contribution in [1.82, 2.24) is 0 Å². The van der Waals surface area contributed by atoms with E-state index in [-0.39, 0.29) is 12.2 Å². The van der Waals surface area contributed by atoms with Crippen LogP contribution in [0.5, 0.6) is 0 Å². The van der Waals surface area contributed by atoms with Gasteiger partial charge >= 0.3 is 0 Å². The first-order chi connectivity index (χ1) is 8.58. The summed E-state index contributed by atoms with van der Waals surface area (Å²) in [5, 5.41) is 2.84. The molecule has 0 bridgehead atoms. The molecule has 1 aromatic carbocycles. The van der Waals surface area contributed by atoms with Gasteiger partial charge in [0.1, 0.15) is 0 Å². The maximum Gasteiger partial charge on any atom is 0.159 e. The third kappa shape index (κ3) is 3.12. The highest BCUT2D eigenvalue weighted by molar-refractivity contribution is 7.10. The largest absolute Gasteiger partial charge is 0.317 e. The topological polar surface area (TPSA) is 43.1 Å². The molecule has 94 valence electrons. The summed E-state index contributed by atoms with van der Waals surface area (Å²) in [5.74, 6) is -0.0316. The van der Waals surface area contributed by atoms with E-state index in [9.17, 15) is 4.79 Å². The number of nitrogens with two attached hydrogens (primary N) is 1. The van der Waals surface area contributed by atoms with Crippen LogP contribution in [0.15, 0.2) is 35.7 Å². The van der Waals surface area contributed by atoms with Crippen molar-refractivity contribution >= 4 is 40.3 Å². The van der Waals surface area contributed by atoms with Crippen molar-refractivity contribution in [2.45, 2.75) is 12.5 Å². The molecule has 1 heterocycles. The lowest BCUT2D eigenvalue weighted by Crippen LogP contribution is -2.22. The maximum atomic E-state index is 12.0. The monoisotopic (exact) mass is 299 g/mol. The lowest BCUT2D eigenvalue weighted by atomic mass is 10.0. The molecule has 2 aromatic rings. The van der Waals surface area contributed by atoms with E-state index in [0.717, 1.165) is 10.4 Å². The molecule has 0 amide bonds. The summed E-state index contributed by atoms with van der Waals surface area (Å²) in [6.07, 6.45) is 0.260. The molecular formula is C13H11Cl2NOS. The molecule has 0 spiro atoms. The van der Waals surface area contributed by atoms with Crippen LogP contribution in [0.2, 0.25) is 10.0 Å². The van der Waals surface area contributed by atoms with Crippen LogP contribution in [0.25, 0.3) is 0 Å². The number of halogens is 2. The van der Waals surface area contributed by atoms with Crippen LogP contribution >= 0.6 is 34.5 Å². The molecule has 0 saturated heterocycles. The van der Waals surface area contributed by atoms with Crippen LogP contribution in [0.1, 0.15) is 16.5 Å². The number of hydrogen-bond donors (Lipinski definition) is 1.